The van der Waals surface area contributed by atoms with Gasteiger partial charge in [-0.1, -0.05) is 12.1 Å². The van der Waals surface area contributed by atoms with E-state index in [4.69, 9.17) is 0 Å². The van der Waals surface area contributed by atoms with Crippen molar-refractivity contribution in [1.82, 2.24) is 0 Å². The van der Waals surface area contributed by atoms with Crippen LogP contribution < -0.4 is 10.0 Å². The third-order valence-electron chi connectivity index (χ3n) is 2.98. The molecule has 128 valence electrons. The summed E-state index contributed by atoms with van der Waals surface area (Å²) in [5, 5.41) is 2.58. The standard InChI is InChI=1S/C15H16N2O5S2/c1-23(19,20)14-6-4-3-5-13(14)15(18)16-11-7-9-12(10-8-11)17-24(2,21)22/h3-10,17H,1-2H3,(H,16,18). The normalized spacial score (nSPS) is 11.8. The summed E-state index contributed by atoms with van der Waals surface area (Å²) in [4.78, 5) is 12.3. The second kappa shape index (κ2) is 6.62. The van der Waals surface area contributed by atoms with Gasteiger partial charge in [0.2, 0.25) is 10.0 Å². The Bertz CT molecular complexity index is 965. The SMILES string of the molecule is CS(=O)(=O)Nc1ccc(NC(=O)c2ccccc2S(C)(=O)=O)cc1. The Kier molecular flexibility index (Phi) is 4.95. The second-order valence-electron chi connectivity index (χ2n) is 5.17. The van der Waals surface area contributed by atoms with Crippen LogP contribution in [0.3, 0.4) is 0 Å². The van der Waals surface area contributed by atoms with Crippen LogP contribution >= 0.6 is 0 Å². The third-order valence-corrected chi connectivity index (χ3v) is 4.74. The van der Waals surface area contributed by atoms with Gasteiger partial charge in [0, 0.05) is 17.6 Å². The molecule has 2 N–H and O–H groups in total. The van der Waals surface area contributed by atoms with Crippen LogP contribution in [0, 0.1) is 0 Å². The number of amides is 1. The number of rotatable bonds is 5. The first-order valence-electron chi connectivity index (χ1n) is 6.74. The van der Waals surface area contributed by atoms with Gasteiger partial charge in [-0.15, -0.1) is 0 Å². The zero-order chi connectivity index (χ0) is 18.0. The topological polar surface area (TPSA) is 109 Å². The summed E-state index contributed by atoms with van der Waals surface area (Å²) in [7, 11) is -6.92. The lowest BCUT2D eigenvalue weighted by Gasteiger charge is -2.10. The van der Waals surface area contributed by atoms with Crippen molar-refractivity contribution in [3.63, 3.8) is 0 Å². The fourth-order valence-electron chi connectivity index (χ4n) is 2.01. The molecule has 1 amide bonds. The quantitative estimate of drug-likeness (QED) is 0.835. The summed E-state index contributed by atoms with van der Waals surface area (Å²) < 4.78 is 48.1. The molecule has 7 nitrogen and oxygen atoms in total. The minimum atomic E-state index is -3.54. The van der Waals surface area contributed by atoms with E-state index in [0.717, 1.165) is 12.5 Å². The number of hydrogen-bond donors (Lipinski definition) is 2. The van der Waals surface area contributed by atoms with Gasteiger partial charge in [-0.25, -0.2) is 16.8 Å². The number of sulfone groups is 1. The first-order chi connectivity index (χ1) is 11.1. The van der Waals surface area contributed by atoms with E-state index in [1.165, 1.54) is 36.4 Å². The lowest BCUT2D eigenvalue weighted by Crippen LogP contribution is -2.16. The average molecular weight is 368 g/mol. The zero-order valence-electron chi connectivity index (χ0n) is 13.0. The van der Waals surface area contributed by atoms with Crippen LogP contribution in [0.5, 0.6) is 0 Å². The molecule has 24 heavy (non-hydrogen) atoms. The highest BCUT2D eigenvalue weighted by Gasteiger charge is 2.18. The van der Waals surface area contributed by atoms with Gasteiger partial charge in [0.1, 0.15) is 0 Å². The lowest BCUT2D eigenvalue weighted by atomic mass is 10.2. The van der Waals surface area contributed by atoms with E-state index in [9.17, 15) is 21.6 Å². The maximum atomic E-state index is 12.3. The van der Waals surface area contributed by atoms with Crippen LogP contribution in [-0.4, -0.2) is 35.3 Å². The summed E-state index contributed by atoms with van der Waals surface area (Å²) in [6.07, 6.45) is 2.07. The maximum absolute atomic E-state index is 12.3. The van der Waals surface area contributed by atoms with Gasteiger partial charge >= 0.3 is 0 Å². The van der Waals surface area contributed by atoms with Crippen LogP contribution in [0.15, 0.2) is 53.4 Å². The molecule has 0 aromatic heterocycles. The Labute approximate surface area is 140 Å². The fourth-order valence-corrected chi connectivity index (χ4v) is 3.46. The molecule has 0 saturated heterocycles. The van der Waals surface area contributed by atoms with E-state index in [0.29, 0.717) is 11.4 Å². The van der Waals surface area contributed by atoms with E-state index in [1.54, 1.807) is 12.1 Å². The second-order valence-corrected chi connectivity index (χ2v) is 8.91. The molecule has 9 heteroatoms. The van der Waals surface area contributed by atoms with Gasteiger partial charge in [-0.3, -0.25) is 9.52 Å². The number of carbonyl (C=O) groups is 1. The van der Waals surface area contributed by atoms with Crippen molar-refractivity contribution in [2.24, 2.45) is 0 Å². The smallest absolute Gasteiger partial charge is 0.256 e. The van der Waals surface area contributed by atoms with Crippen molar-refractivity contribution in [3.8, 4) is 0 Å². The average Bonchev–Trinajstić information content (AvgIpc) is 2.47. The summed E-state index contributed by atoms with van der Waals surface area (Å²) >= 11 is 0. The molecule has 0 fully saturated rings. The van der Waals surface area contributed by atoms with E-state index < -0.39 is 25.8 Å². The predicted molar refractivity (Wildman–Crippen MR) is 92.4 cm³/mol. The van der Waals surface area contributed by atoms with Crippen molar-refractivity contribution in [3.05, 3.63) is 54.1 Å². The van der Waals surface area contributed by atoms with E-state index in [-0.39, 0.29) is 10.5 Å². The van der Waals surface area contributed by atoms with Gasteiger partial charge in [0.25, 0.3) is 5.91 Å². The van der Waals surface area contributed by atoms with Crippen LogP contribution in [0.2, 0.25) is 0 Å². The molecule has 0 atom stereocenters. The van der Waals surface area contributed by atoms with E-state index >= 15 is 0 Å². The Balaban J connectivity index is 2.22. The van der Waals surface area contributed by atoms with Gasteiger partial charge in [0.05, 0.1) is 16.7 Å². The maximum Gasteiger partial charge on any atom is 0.256 e. The van der Waals surface area contributed by atoms with Gasteiger partial charge in [0.15, 0.2) is 9.84 Å². The summed E-state index contributed by atoms with van der Waals surface area (Å²) in [5.41, 5.74) is 0.799. The molecule has 0 heterocycles. The van der Waals surface area contributed by atoms with Crippen molar-refractivity contribution >= 4 is 37.1 Å². The van der Waals surface area contributed by atoms with E-state index in [1.807, 2.05) is 0 Å². The molecule has 0 aliphatic carbocycles. The number of anilines is 2. The van der Waals surface area contributed by atoms with Gasteiger partial charge < -0.3 is 5.32 Å². The number of nitrogens with one attached hydrogen (secondary N) is 2. The van der Waals surface area contributed by atoms with E-state index in [2.05, 4.69) is 10.0 Å². The third kappa shape index (κ3) is 4.80. The van der Waals surface area contributed by atoms with Crippen molar-refractivity contribution in [2.75, 3.05) is 22.6 Å². The number of benzene rings is 2. The number of sulfonamides is 1. The van der Waals surface area contributed by atoms with Crippen molar-refractivity contribution in [2.45, 2.75) is 4.90 Å². The fraction of sp³-hybridized carbons (Fsp3) is 0.133. The van der Waals surface area contributed by atoms with Gasteiger partial charge in [-0.2, -0.15) is 0 Å². The Morgan fingerprint density at radius 1 is 0.833 bits per heavy atom. The lowest BCUT2D eigenvalue weighted by molar-refractivity contribution is 0.102. The van der Waals surface area contributed by atoms with Crippen LogP contribution in [0.4, 0.5) is 11.4 Å². The molecule has 0 unspecified atom stereocenters. The highest BCUT2D eigenvalue weighted by Crippen LogP contribution is 2.19. The Hall–Kier alpha value is -2.39. The molecule has 0 bridgehead atoms. The molecule has 2 aromatic carbocycles. The minimum Gasteiger partial charge on any atom is -0.322 e. The number of carbonyl (C=O) groups excluding carboxylic acids is 1. The first kappa shape index (κ1) is 18.0. The highest BCUT2D eigenvalue weighted by atomic mass is 32.2. The monoisotopic (exact) mass is 368 g/mol. The molecule has 0 spiro atoms. The first-order valence-corrected chi connectivity index (χ1v) is 10.5. The summed E-state index contributed by atoms with van der Waals surface area (Å²) in [5.74, 6) is -0.570. The Morgan fingerprint density at radius 2 is 1.38 bits per heavy atom. The molecular weight excluding hydrogens is 352 g/mol. The van der Waals surface area contributed by atoms with Crippen LogP contribution in [0.1, 0.15) is 10.4 Å². The molecule has 0 aliphatic heterocycles. The predicted octanol–water partition coefficient (Wildman–Crippen LogP) is 1.71. The molecule has 2 rings (SSSR count). The zero-order valence-corrected chi connectivity index (χ0v) is 14.6. The molecule has 0 saturated carbocycles. The Morgan fingerprint density at radius 3 is 1.92 bits per heavy atom. The van der Waals surface area contributed by atoms with Crippen LogP contribution in [0.25, 0.3) is 0 Å². The van der Waals surface area contributed by atoms with Crippen molar-refractivity contribution in [1.29, 1.82) is 0 Å². The summed E-state index contributed by atoms with van der Waals surface area (Å²) in [6, 6.07) is 11.9. The molecule has 2 aromatic rings. The van der Waals surface area contributed by atoms with Crippen LogP contribution in [-0.2, 0) is 19.9 Å². The van der Waals surface area contributed by atoms with Gasteiger partial charge in [-0.05, 0) is 36.4 Å². The minimum absolute atomic E-state index is 0.0401. The molecular formula is C15H16N2O5S2. The molecule has 0 aliphatic rings. The largest absolute Gasteiger partial charge is 0.322 e. The summed E-state index contributed by atoms with van der Waals surface area (Å²) in [6.45, 7) is 0. The molecule has 0 radical (unpaired) electrons. The highest BCUT2D eigenvalue weighted by molar-refractivity contribution is 7.92. The number of hydrogen-bond acceptors (Lipinski definition) is 5. The van der Waals surface area contributed by atoms with Crippen molar-refractivity contribution < 1.29 is 21.6 Å².